The maximum absolute atomic E-state index is 13.1. The van der Waals surface area contributed by atoms with Crippen molar-refractivity contribution < 1.29 is 14.2 Å². The number of benzene rings is 1. The SMILES string of the molecule is CCC1OC(n2cc(C)c(=O)n(Cc3ccc(OC)cc3OC)c2=O)CC1C. The van der Waals surface area contributed by atoms with Gasteiger partial charge < -0.3 is 14.2 Å². The smallest absolute Gasteiger partial charge is 0.333 e. The molecule has 7 heteroatoms. The first kappa shape index (κ1) is 20.2. The van der Waals surface area contributed by atoms with Crippen LogP contribution >= 0.6 is 0 Å². The van der Waals surface area contributed by atoms with Crippen molar-refractivity contribution in [2.24, 2.45) is 5.92 Å². The second kappa shape index (κ2) is 8.22. The molecule has 3 unspecified atom stereocenters. The molecule has 3 atom stereocenters. The molecule has 0 saturated carbocycles. The van der Waals surface area contributed by atoms with Gasteiger partial charge in [0.05, 0.1) is 26.9 Å². The molecule has 0 amide bonds. The van der Waals surface area contributed by atoms with Gasteiger partial charge in [-0.1, -0.05) is 13.8 Å². The van der Waals surface area contributed by atoms with Gasteiger partial charge in [0, 0.05) is 23.4 Å². The Morgan fingerprint density at radius 3 is 2.57 bits per heavy atom. The zero-order valence-corrected chi connectivity index (χ0v) is 17.1. The van der Waals surface area contributed by atoms with Crippen LogP contribution in [0, 0.1) is 12.8 Å². The Morgan fingerprint density at radius 1 is 1.21 bits per heavy atom. The summed E-state index contributed by atoms with van der Waals surface area (Å²) in [5, 5.41) is 0. The fourth-order valence-electron chi connectivity index (χ4n) is 3.80. The molecule has 28 heavy (non-hydrogen) atoms. The van der Waals surface area contributed by atoms with E-state index < -0.39 is 0 Å². The summed E-state index contributed by atoms with van der Waals surface area (Å²) in [4.78, 5) is 25.9. The molecule has 0 N–H and O–H groups in total. The number of methoxy groups -OCH3 is 2. The van der Waals surface area contributed by atoms with E-state index >= 15 is 0 Å². The fourth-order valence-corrected chi connectivity index (χ4v) is 3.80. The number of aryl methyl sites for hydroxylation is 1. The van der Waals surface area contributed by atoms with Gasteiger partial charge in [-0.05, 0) is 37.8 Å². The van der Waals surface area contributed by atoms with Gasteiger partial charge in [-0.15, -0.1) is 0 Å². The van der Waals surface area contributed by atoms with E-state index in [2.05, 4.69) is 13.8 Å². The van der Waals surface area contributed by atoms with Crippen LogP contribution in [0.5, 0.6) is 11.5 Å². The van der Waals surface area contributed by atoms with Crippen LogP contribution in [-0.4, -0.2) is 29.5 Å². The molecule has 0 aliphatic carbocycles. The highest BCUT2D eigenvalue weighted by molar-refractivity contribution is 5.40. The third-order valence-corrected chi connectivity index (χ3v) is 5.44. The number of rotatable bonds is 6. The first-order chi connectivity index (χ1) is 13.4. The molecule has 2 heterocycles. The number of ether oxygens (including phenoxy) is 3. The predicted molar refractivity (Wildman–Crippen MR) is 106 cm³/mol. The van der Waals surface area contributed by atoms with Gasteiger partial charge in [-0.3, -0.25) is 13.9 Å². The number of nitrogens with zero attached hydrogens (tertiary/aromatic N) is 2. The van der Waals surface area contributed by atoms with Crippen molar-refractivity contribution in [3.8, 4) is 11.5 Å². The second-order valence-electron chi connectivity index (χ2n) is 7.32. The highest BCUT2D eigenvalue weighted by Gasteiger charge is 2.33. The van der Waals surface area contributed by atoms with E-state index in [9.17, 15) is 9.59 Å². The zero-order chi connectivity index (χ0) is 20.4. The van der Waals surface area contributed by atoms with Gasteiger partial charge in [0.25, 0.3) is 5.56 Å². The summed E-state index contributed by atoms with van der Waals surface area (Å²) in [5.74, 6) is 1.58. The first-order valence-corrected chi connectivity index (χ1v) is 9.58. The summed E-state index contributed by atoms with van der Waals surface area (Å²) in [6, 6.07) is 5.32. The summed E-state index contributed by atoms with van der Waals surface area (Å²) in [7, 11) is 3.12. The standard InChI is InChI=1S/C21H28N2O5/c1-6-17-13(2)9-19(28-17)22-11-14(3)20(24)23(21(22)25)12-15-7-8-16(26-4)10-18(15)27-5/h7-8,10-11,13,17,19H,6,9,12H2,1-5H3. The lowest BCUT2D eigenvalue weighted by molar-refractivity contribution is -0.00838. The lowest BCUT2D eigenvalue weighted by atomic mass is 10.0. The molecule has 1 fully saturated rings. The molecule has 0 bridgehead atoms. The molecule has 1 aliphatic heterocycles. The van der Waals surface area contributed by atoms with Crippen LogP contribution in [0.3, 0.4) is 0 Å². The Balaban J connectivity index is 2.02. The minimum Gasteiger partial charge on any atom is -0.497 e. The Hall–Kier alpha value is -2.54. The molecule has 3 rings (SSSR count). The summed E-state index contributed by atoms with van der Waals surface area (Å²) < 4.78 is 19.5. The van der Waals surface area contributed by atoms with E-state index in [1.165, 1.54) is 4.57 Å². The third kappa shape index (κ3) is 3.71. The molecule has 0 radical (unpaired) electrons. The molecule has 1 aromatic heterocycles. The molecule has 0 spiro atoms. The third-order valence-electron chi connectivity index (χ3n) is 5.44. The topological polar surface area (TPSA) is 71.7 Å². The number of aromatic nitrogens is 2. The van der Waals surface area contributed by atoms with Crippen molar-refractivity contribution in [1.29, 1.82) is 0 Å². The second-order valence-corrected chi connectivity index (χ2v) is 7.32. The Morgan fingerprint density at radius 2 is 1.96 bits per heavy atom. The van der Waals surface area contributed by atoms with Gasteiger partial charge in [-0.25, -0.2) is 4.79 Å². The van der Waals surface area contributed by atoms with Gasteiger partial charge >= 0.3 is 5.69 Å². The van der Waals surface area contributed by atoms with Crippen LogP contribution in [0.4, 0.5) is 0 Å². The van der Waals surface area contributed by atoms with E-state index in [1.807, 2.05) is 0 Å². The number of hydrogen-bond acceptors (Lipinski definition) is 5. The average Bonchev–Trinajstić information content (AvgIpc) is 3.08. The predicted octanol–water partition coefficient (Wildman–Crippen LogP) is 2.72. The van der Waals surface area contributed by atoms with Crippen molar-refractivity contribution in [1.82, 2.24) is 9.13 Å². The molecule has 1 aromatic carbocycles. The Kier molecular flexibility index (Phi) is 5.93. The van der Waals surface area contributed by atoms with Gasteiger partial charge in [0.15, 0.2) is 0 Å². The van der Waals surface area contributed by atoms with Crippen LogP contribution in [-0.2, 0) is 11.3 Å². The monoisotopic (exact) mass is 388 g/mol. The van der Waals surface area contributed by atoms with E-state index in [1.54, 1.807) is 50.1 Å². The molecule has 2 aromatic rings. The van der Waals surface area contributed by atoms with E-state index in [-0.39, 0.29) is 30.1 Å². The molecular weight excluding hydrogens is 360 g/mol. The van der Waals surface area contributed by atoms with Gasteiger partial charge in [-0.2, -0.15) is 0 Å². The van der Waals surface area contributed by atoms with E-state index in [0.29, 0.717) is 23.0 Å². The lowest BCUT2D eigenvalue weighted by Crippen LogP contribution is -2.42. The minimum absolute atomic E-state index is 0.117. The van der Waals surface area contributed by atoms with Crippen LogP contribution in [0.2, 0.25) is 0 Å². The molecule has 1 saturated heterocycles. The van der Waals surface area contributed by atoms with Crippen LogP contribution < -0.4 is 20.7 Å². The average molecular weight is 388 g/mol. The van der Waals surface area contributed by atoms with Gasteiger partial charge in [0.1, 0.15) is 17.7 Å². The van der Waals surface area contributed by atoms with E-state index in [4.69, 9.17) is 14.2 Å². The fraction of sp³-hybridized carbons (Fsp3) is 0.524. The Bertz CT molecular complexity index is 962. The minimum atomic E-state index is -0.373. The molecular formula is C21H28N2O5. The largest absolute Gasteiger partial charge is 0.497 e. The molecule has 152 valence electrons. The molecule has 7 nitrogen and oxygen atoms in total. The first-order valence-electron chi connectivity index (χ1n) is 9.58. The molecule has 1 aliphatic rings. The van der Waals surface area contributed by atoms with E-state index in [0.717, 1.165) is 18.4 Å². The van der Waals surface area contributed by atoms with Crippen molar-refractivity contribution in [3.05, 3.63) is 56.4 Å². The van der Waals surface area contributed by atoms with Crippen LogP contribution in [0.25, 0.3) is 0 Å². The van der Waals surface area contributed by atoms with Crippen LogP contribution in [0.1, 0.15) is 44.0 Å². The van der Waals surface area contributed by atoms with Crippen molar-refractivity contribution in [2.45, 2.75) is 52.5 Å². The Labute approximate surface area is 164 Å². The number of hydrogen-bond donors (Lipinski definition) is 0. The maximum atomic E-state index is 13.1. The lowest BCUT2D eigenvalue weighted by Gasteiger charge is -2.18. The highest BCUT2D eigenvalue weighted by Crippen LogP contribution is 2.33. The van der Waals surface area contributed by atoms with Gasteiger partial charge in [0.2, 0.25) is 0 Å². The summed E-state index contributed by atoms with van der Waals surface area (Å²) in [6.45, 7) is 6.04. The van der Waals surface area contributed by atoms with Crippen LogP contribution in [0.15, 0.2) is 34.0 Å². The normalized spacial score (nSPS) is 21.7. The zero-order valence-electron chi connectivity index (χ0n) is 17.1. The summed E-state index contributed by atoms with van der Waals surface area (Å²) in [5.41, 5.74) is 0.551. The van der Waals surface area contributed by atoms with Crippen molar-refractivity contribution >= 4 is 0 Å². The summed E-state index contributed by atoms with van der Waals surface area (Å²) in [6.07, 6.45) is 3.03. The highest BCUT2D eigenvalue weighted by atomic mass is 16.5. The van der Waals surface area contributed by atoms with Crippen molar-refractivity contribution in [2.75, 3.05) is 14.2 Å². The quantitative estimate of drug-likeness (QED) is 0.761. The maximum Gasteiger partial charge on any atom is 0.333 e. The summed E-state index contributed by atoms with van der Waals surface area (Å²) >= 11 is 0. The van der Waals surface area contributed by atoms with Crippen molar-refractivity contribution in [3.63, 3.8) is 0 Å².